The quantitative estimate of drug-likeness (QED) is 0.623. The molecule has 1 saturated heterocycles. The molecule has 0 unspecified atom stereocenters. The summed E-state index contributed by atoms with van der Waals surface area (Å²) < 4.78 is 7.68. The second kappa shape index (κ2) is 8.88. The van der Waals surface area contributed by atoms with Crippen LogP contribution in [0.5, 0.6) is 0 Å². The zero-order valence-corrected chi connectivity index (χ0v) is 19.3. The normalized spacial score (nSPS) is 27.0. The van der Waals surface area contributed by atoms with E-state index in [1.807, 2.05) is 19.1 Å². The van der Waals surface area contributed by atoms with E-state index in [-0.39, 0.29) is 17.2 Å². The number of hydrogen-bond donors (Lipinski definition) is 1. The summed E-state index contributed by atoms with van der Waals surface area (Å²) in [6.45, 7) is 6.72. The van der Waals surface area contributed by atoms with Crippen molar-refractivity contribution in [3.63, 3.8) is 0 Å². The van der Waals surface area contributed by atoms with E-state index in [9.17, 15) is 4.79 Å². The van der Waals surface area contributed by atoms with Gasteiger partial charge in [0.15, 0.2) is 5.16 Å². The van der Waals surface area contributed by atoms with Crippen LogP contribution in [0, 0.1) is 17.8 Å². The van der Waals surface area contributed by atoms with Crippen molar-refractivity contribution in [3.05, 3.63) is 24.2 Å². The lowest BCUT2D eigenvalue weighted by molar-refractivity contribution is -0.121. The summed E-state index contributed by atoms with van der Waals surface area (Å²) in [5.74, 6) is 4.18. The minimum atomic E-state index is -0.230. The topological polar surface area (TPSA) is 76.2 Å². The van der Waals surface area contributed by atoms with Gasteiger partial charge in [-0.15, -0.1) is 10.2 Å². The average Bonchev–Trinajstić information content (AvgIpc) is 3.57. The van der Waals surface area contributed by atoms with Crippen LogP contribution >= 0.6 is 11.8 Å². The van der Waals surface area contributed by atoms with Crippen molar-refractivity contribution >= 4 is 23.6 Å². The van der Waals surface area contributed by atoms with Crippen LogP contribution in [-0.2, 0) is 11.3 Å². The molecule has 2 bridgehead atoms. The summed E-state index contributed by atoms with van der Waals surface area (Å²) in [6, 6.07) is 4.11. The van der Waals surface area contributed by atoms with Gasteiger partial charge in [-0.3, -0.25) is 9.36 Å². The largest absolute Gasteiger partial charge is 0.467 e. The predicted molar refractivity (Wildman–Crippen MR) is 121 cm³/mol. The second-order valence-corrected chi connectivity index (χ2v) is 10.8. The van der Waals surface area contributed by atoms with Gasteiger partial charge in [0, 0.05) is 19.1 Å². The van der Waals surface area contributed by atoms with Gasteiger partial charge in [-0.25, -0.2) is 0 Å². The molecule has 5 atom stereocenters. The van der Waals surface area contributed by atoms with Crippen molar-refractivity contribution in [1.82, 2.24) is 20.1 Å². The highest BCUT2D eigenvalue weighted by Gasteiger charge is 2.42. The maximum Gasteiger partial charge on any atom is 0.233 e. The highest BCUT2D eigenvalue weighted by atomic mass is 32.2. The Morgan fingerprint density at radius 2 is 2.10 bits per heavy atom. The molecule has 1 N–H and O–H groups in total. The fraction of sp³-hybridized carbons (Fsp3) is 0.696. The van der Waals surface area contributed by atoms with Crippen LogP contribution < -0.4 is 10.2 Å². The summed E-state index contributed by atoms with van der Waals surface area (Å²) in [5.41, 5.74) is 0. The van der Waals surface area contributed by atoms with Crippen molar-refractivity contribution in [1.29, 1.82) is 0 Å². The molecule has 0 spiro atoms. The first-order valence-electron chi connectivity index (χ1n) is 11.8. The van der Waals surface area contributed by atoms with Crippen LogP contribution in [0.25, 0.3) is 0 Å². The van der Waals surface area contributed by atoms with Gasteiger partial charge in [0.2, 0.25) is 11.9 Å². The number of hydrogen-bond acceptors (Lipinski definition) is 6. The van der Waals surface area contributed by atoms with Crippen molar-refractivity contribution in [3.8, 4) is 0 Å². The maximum atomic E-state index is 13.0. The predicted octanol–water partition coefficient (Wildman–Crippen LogP) is 3.94. The Balaban J connectivity index is 1.26. The SMILES string of the molecule is C[C@H](Sc1nnc(N2CCCC2)n1Cc1ccco1)C(=O)N[C@@H](C)[C@H]1C[C@H]2CC[C@H]1C2. The third-order valence-electron chi connectivity index (χ3n) is 7.44. The van der Waals surface area contributed by atoms with Crippen LogP contribution in [0.15, 0.2) is 28.0 Å². The Bertz CT molecular complexity index is 892. The summed E-state index contributed by atoms with van der Waals surface area (Å²) in [5, 5.41) is 12.8. The van der Waals surface area contributed by atoms with Gasteiger partial charge in [-0.05, 0) is 75.8 Å². The molecule has 3 fully saturated rings. The number of carbonyl (C=O) groups is 1. The lowest BCUT2D eigenvalue weighted by Crippen LogP contribution is -2.43. The fourth-order valence-electron chi connectivity index (χ4n) is 5.78. The number of nitrogens with zero attached hydrogens (tertiary/aromatic N) is 4. The first-order chi connectivity index (χ1) is 15.1. The summed E-state index contributed by atoms with van der Waals surface area (Å²) in [7, 11) is 0. The molecule has 31 heavy (non-hydrogen) atoms. The highest BCUT2D eigenvalue weighted by molar-refractivity contribution is 8.00. The number of thioether (sulfide) groups is 1. The Morgan fingerprint density at radius 3 is 2.77 bits per heavy atom. The summed E-state index contributed by atoms with van der Waals surface area (Å²) in [6.07, 6.45) is 9.42. The van der Waals surface area contributed by atoms with Gasteiger partial charge in [-0.1, -0.05) is 18.2 Å². The van der Waals surface area contributed by atoms with Gasteiger partial charge < -0.3 is 14.6 Å². The molecule has 1 aliphatic heterocycles. The maximum absolute atomic E-state index is 13.0. The lowest BCUT2D eigenvalue weighted by atomic mass is 9.84. The molecule has 8 heteroatoms. The van der Waals surface area contributed by atoms with Crippen LogP contribution in [0.3, 0.4) is 0 Å². The Labute approximate surface area is 188 Å². The molecular formula is C23H33N5O2S. The third kappa shape index (κ3) is 4.36. The molecule has 3 heterocycles. The minimum Gasteiger partial charge on any atom is -0.467 e. The minimum absolute atomic E-state index is 0.0931. The monoisotopic (exact) mass is 443 g/mol. The number of rotatable bonds is 8. The molecule has 0 aromatic carbocycles. The first-order valence-corrected chi connectivity index (χ1v) is 12.6. The molecule has 0 radical (unpaired) electrons. The Kier molecular flexibility index (Phi) is 5.99. The molecule has 7 nitrogen and oxygen atoms in total. The Hall–Kier alpha value is -1.96. The summed E-state index contributed by atoms with van der Waals surface area (Å²) >= 11 is 1.49. The third-order valence-corrected chi connectivity index (χ3v) is 8.52. The number of carbonyl (C=O) groups excluding carboxylic acids is 1. The van der Waals surface area contributed by atoms with E-state index < -0.39 is 0 Å². The fourth-order valence-corrected chi connectivity index (χ4v) is 6.64. The highest BCUT2D eigenvalue weighted by Crippen LogP contribution is 2.49. The van der Waals surface area contributed by atoms with Gasteiger partial charge >= 0.3 is 0 Å². The molecule has 2 aromatic heterocycles. The second-order valence-electron chi connectivity index (χ2n) is 9.54. The van der Waals surface area contributed by atoms with Crippen LogP contribution in [0.2, 0.25) is 0 Å². The van der Waals surface area contributed by atoms with Gasteiger partial charge in [0.25, 0.3) is 0 Å². The van der Waals surface area contributed by atoms with Gasteiger partial charge in [0.1, 0.15) is 5.76 Å². The van der Waals surface area contributed by atoms with E-state index in [0.717, 1.165) is 41.8 Å². The van der Waals surface area contributed by atoms with Gasteiger partial charge in [0.05, 0.1) is 18.1 Å². The number of aromatic nitrogens is 3. The summed E-state index contributed by atoms with van der Waals surface area (Å²) in [4.78, 5) is 15.3. The zero-order valence-electron chi connectivity index (χ0n) is 18.5. The van der Waals surface area contributed by atoms with Gasteiger partial charge in [-0.2, -0.15) is 0 Å². The van der Waals surface area contributed by atoms with E-state index in [2.05, 4.69) is 31.9 Å². The standard InChI is InChI=1S/C23H33N5O2S/c1-15(20-13-17-7-8-18(20)12-17)24-21(29)16(2)31-23-26-25-22(27-9-3-4-10-27)28(23)14-19-6-5-11-30-19/h5-6,11,15-18,20H,3-4,7-10,12-14H2,1-2H3,(H,24,29)/t15-,16-,17-,18-,20+/m0/s1. The van der Waals surface area contributed by atoms with Crippen LogP contribution in [0.4, 0.5) is 5.95 Å². The molecular weight excluding hydrogens is 410 g/mol. The molecule has 2 aromatic rings. The van der Waals surface area contributed by atoms with E-state index in [4.69, 9.17) is 4.42 Å². The van der Waals surface area contributed by atoms with Crippen LogP contribution in [-0.4, -0.2) is 45.1 Å². The molecule has 3 aliphatic rings. The van der Waals surface area contributed by atoms with Crippen molar-refractivity contribution < 1.29 is 9.21 Å². The molecule has 168 valence electrons. The number of fused-ring (bicyclic) bond motifs is 2. The van der Waals surface area contributed by atoms with E-state index in [1.54, 1.807) is 6.26 Å². The van der Waals surface area contributed by atoms with E-state index in [1.165, 1.54) is 50.3 Å². The average molecular weight is 444 g/mol. The van der Waals surface area contributed by atoms with Crippen molar-refractivity contribution in [2.45, 2.75) is 75.4 Å². The van der Waals surface area contributed by atoms with Crippen LogP contribution in [0.1, 0.15) is 58.1 Å². The number of furan rings is 1. The molecule has 2 saturated carbocycles. The number of nitrogens with one attached hydrogen (secondary N) is 1. The molecule has 5 rings (SSSR count). The Morgan fingerprint density at radius 1 is 1.26 bits per heavy atom. The lowest BCUT2D eigenvalue weighted by Gasteiger charge is -2.29. The van der Waals surface area contributed by atoms with Crippen molar-refractivity contribution in [2.75, 3.05) is 18.0 Å². The van der Waals surface area contributed by atoms with Crippen molar-refractivity contribution in [2.24, 2.45) is 17.8 Å². The van der Waals surface area contributed by atoms with E-state index in [0.29, 0.717) is 12.5 Å². The number of amides is 1. The van der Waals surface area contributed by atoms with E-state index >= 15 is 0 Å². The molecule has 2 aliphatic carbocycles. The zero-order chi connectivity index (χ0) is 21.4. The first kappa shape index (κ1) is 20.9. The number of anilines is 1. The smallest absolute Gasteiger partial charge is 0.233 e. The molecule has 1 amide bonds.